The van der Waals surface area contributed by atoms with E-state index >= 15 is 0 Å². The SMILES string of the molecule is Cc1noc(CC2CCOC3(CCN(C(=O)CCCc4ccccc4)CC3)C2)n1. The Morgan fingerprint density at radius 3 is 2.76 bits per heavy atom. The van der Waals surface area contributed by atoms with Crippen molar-refractivity contribution in [1.82, 2.24) is 15.0 Å². The number of likely N-dealkylation sites (tertiary alicyclic amines) is 1. The molecule has 3 heterocycles. The Labute approximate surface area is 172 Å². The molecule has 0 bridgehead atoms. The van der Waals surface area contributed by atoms with E-state index in [9.17, 15) is 4.79 Å². The highest BCUT2D eigenvalue weighted by atomic mass is 16.5. The van der Waals surface area contributed by atoms with Gasteiger partial charge in [-0.25, -0.2) is 0 Å². The molecule has 156 valence electrons. The van der Waals surface area contributed by atoms with Crippen molar-refractivity contribution in [3.8, 4) is 0 Å². The maximum atomic E-state index is 12.6. The average Bonchev–Trinajstić information content (AvgIpc) is 3.14. The molecular formula is C23H31N3O3. The number of aromatic nitrogens is 2. The Bertz CT molecular complexity index is 797. The van der Waals surface area contributed by atoms with E-state index in [1.54, 1.807) is 0 Å². The van der Waals surface area contributed by atoms with Crippen molar-refractivity contribution in [1.29, 1.82) is 0 Å². The summed E-state index contributed by atoms with van der Waals surface area (Å²) in [4.78, 5) is 19.0. The fraction of sp³-hybridized carbons (Fsp3) is 0.609. The largest absolute Gasteiger partial charge is 0.375 e. The zero-order valence-corrected chi connectivity index (χ0v) is 17.3. The quantitative estimate of drug-likeness (QED) is 0.743. The predicted molar refractivity (Wildman–Crippen MR) is 109 cm³/mol. The number of rotatable bonds is 6. The summed E-state index contributed by atoms with van der Waals surface area (Å²) in [5.41, 5.74) is 1.22. The summed E-state index contributed by atoms with van der Waals surface area (Å²) in [7, 11) is 0. The number of aryl methyl sites for hydroxylation is 2. The molecular weight excluding hydrogens is 366 g/mol. The third-order valence-electron chi connectivity index (χ3n) is 6.35. The van der Waals surface area contributed by atoms with Crippen molar-refractivity contribution in [2.45, 2.75) is 63.9 Å². The van der Waals surface area contributed by atoms with E-state index in [1.165, 1.54) is 5.56 Å². The van der Waals surface area contributed by atoms with Gasteiger partial charge in [0.15, 0.2) is 5.82 Å². The highest BCUT2D eigenvalue weighted by molar-refractivity contribution is 5.76. The van der Waals surface area contributed by atoms with Crippen LogP contribution in [0.2, 0.25) is 0 Å². The first-order valence-corrected chi connectivity index (χ1v) is 10.9. The molecule has 29 heavy (non-hydrogen) atoms. The van der Waals surface area contributed by atoms with Crippen molar-refractivity contribution < 1.29 is 14.1 Å². The lowest BCUT2D eigenvalue weighted by Crippen LogP contribution is -2.51. The van der Waals surface area contributed by atoms with E-state index < -0.39 is 0 Å². The normalized spacial score (nSPS) is 21.4. The zero-order valence-electron chi connectivity index (χ0n) is 17.3. The second-order valence-electron chi connectivity index (χ2n) is 8.55. The first-order chi connectivity index (χ1) is 14.1. The van der Waals surface area contributed by atoms with E-state index in [2.05, 4.69) is 34.4 Å². The molecule has 2 aliphatic heterocycles. The number of hydrogen-bond acceptors (Lipinski definition) is 5. The van der Waals surface area contributed by atoms with Gasteiger partial charge in [-0.15, -0.1) is 0 Å². The minimum atomic E-state index is -0.0845. The van der Waals surface area contributed by atoms with Crippen molar-refractivity contribution in [3.05, 3.63) is 47.6 Å². The Kier molecular flexibility index (Phi) is 6.28. The van der Waals surface area contributed by atoms with E-state index in [0.29, 0.717) is 18.2 Å². The topological polar surface area (TPSA) is 68.5 Å². The van der Waals surface area contributed by atoms with Crippen molar-refractivity contribution in [2.75, 3.05) is 19.7 Å². The number of piperidine rings is 1. The Morgan fingerprint density at radius 2 is 2.03 bits per heavy atom. The number of carbonyl (C=O) groups is 1. The Hall–Kier alpha value is -2.21. The summed E-state index contributed by atoms with van der Waals surface area (Å²) in [6.45, 7) is 4.24. The number of amides is 1. The lowest BCUT2D eigenvalue weighted by molar-refractivity contribution is -0.147. The lowest BCUT2D eigenvalue weighted by Gasteiger charge is -2.46. The van der Waals surface area contributed by atoms with Gasteiger partial charge in [0, 0.05) is 32.5 Å². The van der Waals surface area contributed by atoms with Crippen LogP contribution in [0.25, 0.3) is 0 Å². The molecule has 2 aromatic rings. The Balaban J connectivity index is 1.23. The zero-order chi connectivity index (χ0) is 20.1. The molecule has 4 rings (SSSR count). The molecule has 1 aromatic heterocycles. The smallest absolute Gasteiger partial charge is 0.226 e. The van der Waals surface area contributed by atoms with Gasteiger partial charge in [-0.2, -0.15) is 4.98 Å². The molecule has 1 unspecified atom stereocenters. The van der Waals surface area contributed by atoms with Crippen LogP contribution < -0.4 is 0 Å². The van der Waals surface area contributed by atoms with Crippen LogP contribution >= 0.6 is 0 Å². The molecule has 2 saturated heterocycles. The molecule has 0 saturated carbocycles. The van der Waals surface area contributed by atoms with Crippen molar-refractivity contribution >= 4 is 5.91 Å². The number of ether oxygens (including phenoxy) is 1. The second kappa shape index (κ2) is 9.08. The minimum absolute atomic E-state index is 0.0845. The molecule has 1 aromatic carbocycles. The third kappa shape index (κ3) is 5.24. The van der Waals surface area contributed by atoms with E-state index in [1.807, 2.05) is 17.9 Å². The maximum Gasteiger partial charge on any atom is 0.226 e. The van der Waals surface area contributed by atoms with Crippen LogP contribution in [-0.4, -0.2) is 46.2 Å². The molecule has 6 heteroatoms. The van der Waals surface area contributed by atoms with Gasteiger partial charge in [0.05, 0.1) is 5.60 Å². The van der Waals surface area contributed by atoms with Crippen molar-refractivity contribution in [2.24, 2.45) is 5.92 Å². The first-order valence-electron chi connectivity index (χ1n) is 10.9. The standard InChI is InChI=1S/C23H31N3O3/c1-18-24-21(29-25-18)16-20-10-15-28-23(17-20)11-13-26(14-12-23)22(27)9-5-8-19-6-3-2-4-7-19/h2-4,6-7,20H,5,8-17H2,1H3. The van der Waals surface area contributed by atoms with Gasteiger partial charge in [0.1, 0.15) is 0 Å². The van der Waals surface area contributed by atoms with E-state index in [-0.39, 0.29) is 11.5 Å². The second-order valence-corrected chi connectivity index (χ2v) is 8.55. The highest BCUT2D eigenvalue weighted by Crippen LogP contribution is 2.38. The third-order valence-corrected chi connectivity index (χ3v) is 6.35. The van der Waals surface area contributed by atoms with Gasteiger partial charge in [0.25, 0.3) is 0 Å². The number of carbonyl (C=O) groups excluding carboxylic acids is 1. The number of hydrogen-bond donors (Lipinski definition) is 0. The van der Waals surface area contributed by atoms with Crippen LogP contribution in [0, 0.1) is 12.8 Å². The molecule has 2 fully saturated rings. The Morgan fingerprint density at radius 1 is 1.24 bits per heavy atom. The van der Waals surface area contributed by atoms with Crippen LogP contribution in [0.4, 0.5) is 0 Å². The van der Waals surface area contributed by atoms with Gasteiger partial charge >= 0.3 is 0 Å². The van der Waals surface area contributed by atoms with E-state index in [0.717, 1.165) is 70.5 Å². The molecule has 1 amide bonds. The summed E-state index contributed by atoms with van der Waals surface area (Å²) in [5.74, 6) is 2.22. The summed E-state index contributed by atoms with van der Waals surface area (Å²) >= 11 is 0. The van der Waals surface area contributed by atoms with Crippen LogP contribution in [0.5, 0.6) is 0 Å². The number of benzene rings is 1. The molecule has 0 aliphatic carbocycles. The van der Waals surface area contributed by atoms with E-state index in [4.69, 9.17) is 9.26 Å². The monoisotopic (exact) mass is 397 g/mol. The minimum Gasteiger partial charge on any atom is -0.375 e. The van der Waals surface area contributed by atoms with Crippen molar-refractivity contribution in [3.63, 3.8) is 0 Å². The highest BCUT2D eigenvalue weighted by Gasteiger charge is 2.41. The molecule has 1 spiro atoms. The molecule has 6 nitrogen and oxygen atoms in total. The van der Waals surface area contributed by atoms with Crippen LogP contribution in [0.15, 0.2) is 34.9 Å². The first kappa shape index (κ1) is 20.1. The fourth-order valence-electron chi connectivity index (χ4n) is 4.73. The summed E-state index contributed by atoms with van der Waals surface area (Å²) < 4.78 is 11.5. The average molecular weight is 398 g/mol. The molecule has 1 atom stereocenters. The summed E-state index contributed by atoms with van der Waals surface area (Å²) in [6.07, 6.45) is 7.23. The van der Waals surface area contributed by atoms with Gasteiger partial charge in [-0.05, 0) is 56.9 Å². The lowest BCUT2D eigenvalue weighted by atomic mass is 9.78. The van der Waals surface area contributed by atoms with Gasteiger partial charge in [0.2, 0.25) is 11.8 Å². The van der Waals surface area contributed by atoms with Crippen LogP contribution in [0.1, 0.15) is 55.8 Å². The number of nitrogens with zero attached hydrogens (tertiary/aromatic N) is 3. The molecule has 0 radical (unpaired) electrons. The van der Waals surface area contributed by atoms with Crippen LogP contribution in [0.3, 0.4) is 0 Å². The van der Waals surface area contributed by atoms with Crippen LogP contribution in [-0.2, 0) is 22.4 Å². The summed E-state index contributed by atoms with van der Waals surface area (Å²) in [6, 6.07) is 10.4. The van der Waals surface area contributed by atoms with Gasteiger partial charge in [-0.3, -0.25) is 4.79 Å². The van der Waals surface area contributed by atoms with Gasteiger partial charge < -0.3 is 14.2 Å². The van der Waals surface area contributed by atoms with Gasteiger partial charge in [-0.1, -0.05) is 35.5 Å². The molecule has 2 aliphatic rings. The maximum absolute atomic E-state index is 12.6. The summed E-state index contributed by atoms with van der Waals surface area (Å²) in [5, 5.41) is 3.90. The molecule has 0 N–H and O–H groups in total. The fourth-order valence-corrected chi connectivity index (χ4v) is 4.73. The predicted octanol–water partition coefficient (Wildman–Crippen LogP) is 3.73.